The number of hydrogen-bond donors (Lipinski definition) is 2. The lowest BCUT2D eigenvalue weighted by Gasteiger charge is -2.27. The Hall–Kier alpha value is -0.650. The molecule has 0 spiro atoms. The second-order valence-electron chi connectivity index (χ2n) is 4.97. The van der Waals surface area contributed by atoms with Crippen molar-refractivity contribution in [3.8, 4) is 0 Å². The first-order valence-corrected chi connectivity index (χ1v) is 6.73. The van der Waals surface area contributed by atoms with Crippen LogP contribution in [0.5, 0.6) is 0 Å². The zero-order chi connectivity index (χ0) is 14.0. The fourth-order valence-electron chi connectivity index (χ4n) is 1.67. The first-order chi connectivity index (χ1) is 8.52. The molecule has 0 aliphatic heterocycles. The highest BCUT2D eigenvalue weighted by molar-refractivity contribution is 5.81. The lowest BCUT2D eigenvalue weighted by Crippen LogP contribution is -2.48. The van der Waals surface area contributed by atoms with Crippen LogP contribution in [0, 0.1) is 5.92 Å². The number of amides is 1. The average Bonchev–Trinajstić information content (AvgIpc) is 2.33. The number of carbonyl (C=O) groups excluding carboxylic acids is 1. The number of nitrogens with two attached hydrogens (primary N) is 1. The molecule has 0 aromatic rings. The predicted octanol–water partition coefficient (Wildman–Crippen LogP) is 0.444. The average molecular weight is 259 g/mol. The Morgan fingerprint density at radius 3 is 2.50 bits per heavy atom. The van der Waals surface area contributed by atoms with Gasteiger partial charge in [-0.15, -0.1) is 0 Å². The Balaban J connectivity index is 4.10. The van der Waals surface area contributed by atoms with Gasteiger partial charge in [-0.05, 0) is 19.3 Å². The number of carbonyl (C=O) groups is 1. The molecule has 1 atom stereocenters. The van der Waals surface area contributed by atoms with Crippen LogP contribution in [-0.4, -0.2) is 56.7 Å². The third kappa shape index (κ3) is 7.63. The molecule has 0 saturated carbocycles. The molecule has 1 amide bonds. The van der Waals surface area contributed by atoms with E-state index in [0.717, 1.165) is 19.5 Å². The molecule has 0 saturated heterocycles. The molecule has 108 valence electrons. The fourth-order valence-corrected chi connectivity index (χ4v) is 1.67. The monoisotopic (exact) mass is 259 g/mol. The minimum Gasteiger partial charge on any atom is -0.383 e. The summed E-state index contributed by atoms with van der Waals surface area (Å²) in [6.07, 6.45) is 1.01. The smallest absolute Gasteiger partial charge is 0.237 e. The van der Waals surface area contributed by atoms with E-state index in [0.29, 0.717) is 25.6 Å². The molecular weight excluding hydrogens is 230 g/mol. The predicted molar refractivity (Wildman–Crippen MR) is 74.4 cm³/mol. The van der Waals surface area contributed by atoms with E-state index in [1.807, 2.05) is 11.8 Å². The van der Waals surface area contributed by atoms with Crippen molar-refractivity contribution >= 4 is 5.91 Å². The van der Waals surface area contributed by atoms with Crippen molar-refractivity contribution in [2.75, 3.05) is 39.9 Å². The molecule has 0 aromatic carbocycles. The second kappa shape index (κ2) is 10.3. The van der Waals surface area contributed by atoms with Gasteiger partial charge in [0.2, 0.25) is 5.91 Å². The molecule has 1 unspecified atom stereocenters. The van der Waals surface area contributed by atoms with Gasteiger partial charge in [0.25, 0.3) is 0 Å². The first kappa shape index (κ1) is 17.4. The number of rotatable bonds is 10. The topological polar surface area (TPSA) is 67.6 Å². The van der Waals surface area contributed by atoms with Gasteiger partial charge in [0, 0.05) is 33.3 Å². The van der Waals surface area contributed by atoms with Crippen molar-refractivity contribution in [2.24, 2.45) is 11.7 Å². The molecule has 0 aromatic heterocycles. The van der Waals surface area contributed by atoms with Crippen molar-refractivity contribution in [3.05, 3.63) is 0 Å². The van der Waals surface area contributed by atoms with Crippen molar-refractivity contribution < 1.29 is 9.53 Å². The number of nitrogens with zero attached hydrogens (tertiary/aromatic N) is 1. The molecular formula is C13H29N3O2. The zero-order valence-corrected chi connectivity index (χ0v) is 12.2. The van der Waals surface area contributed by atoms with Crippen LogP contribution in [0.15, 0.2) is 0 Å². The Bertz CT molecular complexity index is 222. The van der Waals surface area contributed by atoms with Crippen molar-refractivity contribution in [1.29, 1.82) is 0 Å². The summed E-state index contributed by atoms with van der Waals surface area (Å²) < 4.78 is 5.05. The van der Waals surface area contributed by atoms with E-state index < -0.39 is 0 Å². The summed E-state index contributed by atoms with van der Waals surface area (Å²) in [7, 11) is 1.66. The van der Waals surface area contributed by atoms with Crippen LogP contribution in [0.25, 0.3) is 0 Å². The number of methoxy groups -OCH3 is 1. The van der Waals surface area contributed by atoms with E-state index in [-0.39, 0.29) is 11.9 Å². The maximum atomic E-state index is 12.0. The van der Waals surface area contributed by atoms with Gasteiger partial charge in [-0.1, -0.05) is 13.8 Å². The van der Waals surface area contributed by atoms with E-state index in [9.17, 15) is 4.79 Å². The van der Waals surface area contributed by atoms with Gasteiger partial charge in [-0.25, -0.2) is 0 Å². The highest BCUT2D eigenvalue weighted by Gasteiger charge is 2.19. The van der Waals surface area contributed by atoms with Gasteiger partial charge in [0.15, 0.2) is 0 Å². The summed E-state index contributed by atoms with van der Waals surface area (Å²) in [6.45, 7) is 9.55. The highest BCUT2D eigenvalue weighted by atomic mass is 16.5. The fraction of sp³-hybridized carbons (Fsp3) is 0.923. The van der Waals surface area contributed by atoms with Crippen LogP contribution in [0.1, 0.15) is 27.2 Å². The maximum absolute atomic E-state index is 12.0. The molecule has 0 rings (SSSR count). The number of ether oxygens (including phenoxy) is 1. The molecule has 5 nitrogen and oxygen atoms in total. The summed E-state index contributed by atoms with van der Waals surface area (Å²) in [6, 6.07) is -0.157. The second-order valence-corrected chi connectivity index (χ2v) is 4.97. The summed E-state index contributed by atoms with van der Waals surface area (Å²) in [4.78, 5) is 14.0. The molecule has 0 heterocycles. The number of nitrogens with one attached hydrogen (secondary N) is 1. The van der Waals surface area contributed by atoms with Crippen LogP contribution < -0.4 is 11.1 Å². The van der Waals surface area contributed by atoms with Crippen molar-refractivity contribution in [3.63, 3.8) is 0 Å². The Kier molecular flexibility index (Phi) is 9.92. The van der Waals surface area contributed by atoms with Crippen LogP contribution >= 0.6 is 0 Å². The highest BCUT2D eigenvalue weighted by Crippen LogP contribution is 2.00. The SMILES string of the molecule is COCCN(CCN)C(C)C(=O)NCCC(C)C. The van der Waals surface area contributed by atoms with Crippen molar-refractivity contribution in [2.45, 2.75) is 33.2 Å². The van der Waals surface area contributed by atoms with Crippen LogP contribution in [0.2, 0.25) is 0 Å². The normalized spacial score (nSPS) is 13.1. The molecule has 0 bridgehead atoms. The minimum absolute atomic E-state index is 0.0696. The Morgan fingerprint density at radius 1 is 1.33 bits per heavy atom. The van der Waals surface area contributed by atoms with Crippen LogP contribution in [0.4, 0.5) is 0 Å². The van der Waals surface area contributed by atoms with E-state index in [2.05, 4.69) is 19.2 Å². The summed E-state index contributed by atoms with van der Waals surface area (Å²) >= 11 is 0. The quantitative estimate of drug-likeness (QED) is 0.597. The van der Waals surface area contributed by atoms with Gasteiger partial charge < -0.3 is 15.8 Å². The van der Waals surface area contributed by atoms with E-state index in [1.54, 1.807) is 7.11 Å². The van der Waals surface area contributed by atoms with Gasteiger partial charge >= 0.3 is 0 Å². The van der Waals surface area contributed by atoms with Crippen molar-refractivity contribution in [1.82, 2.24) is 10.2 Å². The molecule has 5 heteroatoms. The zero-order valence-electron chi connectivity index (χ0n) is 12.2. The lowest BCUT2D eigenvalue weighted by atomic mass is 10.1. The summed E-state index contributed by atoms with van der Waals surface area (Å²) in [5, 5.41) is 2.97. The molecule has 0 aliphatic rings. The van der Waals surface area contributed by atoms with E-state index in [1.165, 1.54) is 0 Å². The lowest BCUT2D eigenvalue weighted by molar-refractivity contribution is -0.126. The first-order valence-electron chi connectivity index (χ1n) is 6.73. The van der Waals surface area contributed by atoms with Gasteiger partial charge in [-0.2, -0.15) is 0 Å². The van der Waals surface area contributed by atoms with Gasteiger partial charge in [0.05, 0.1) is 12.6 Å². The van der Waals surface area contributed by atoms with Gasteiger partial charge in [0.1, 0.15) is 0 Å². The maximum Gasteiger partial charge on any atom is 0.237 e. The molecule has 18 heavy (non-hydrogen) atoms. The minimum atomic E-state index is -0.157. The third-order valence-electron chi connectivity index (χ3n) is 2.95. The summed E-state index contributed by atoms with van der Waals surface area (Å²) in [5.41, 5.74) is 5.56. The standard InChI is InChI=1S/C13H29N3O2/c1-11(2)5-7-15-13(17)12(3)16(8-6-14)9-10-18-4/h11-12H,5-10,14H2,1-4H3,(H,15,17). The third-order valence-corrected chi connectivity index (χ3v) is 2.95. The largest absolute Gasteiger partial charge is 0.383 e. The van der Waals surface area contributed by atoms with Crippen LogP contribution in [0.3, 0.4) is 0 Å². The van der Waals surface area contributed by atoms with Gasteiger partial charge in [-0.3, -0.25) is 9.69 Å². The summed E-state index contributed by atoms with van der Waals surface area (Å²) in [5.74, 6) is 0.675. The molecule has 0 aliphatic carbocycles. The molecule has 0 fully saturated rings. The van der Waals surface area contributed by atoms with E-state index >= 15 is 0 Å². The number of hydrogen-bond acceptors (Lipinski definition) is 4. The molecule has 3 N–H and O–H groups in total. The Labute approximate surface area is 111 Å². The Morgan fingerprint density at radius 2 is 2.00 bits per heavy atom. The van der Waals surface area contributed by atoms with E-state index in [4.69, 9.17) is 10.5 Å². The molecule has 0 radical (unpaired) electrons. The van der Waals surface area contributed by atoms with Crippen LogP contribution in [-0.2, 0) is 9.53 Å².